The van der Waals surface area contributed by atoms with Crippen molar-refractivity contribution in [3.63, 3.8) is 0 Å². The van der Waals surface area contributed by atoms with Gasteiger partial charge in [-0.25, -0.2) is 4.79 Å². The average molecular weight is 436 g/mol. The molecular weight excluding hydrogens is 398 g/mol. The molecule has 0 aliphatic carbocycles. The van der Waals surface area contributed by atoms with E-state index in [0.29, 0.717) is 56.6 Å². The number of carbonyl (C=O) groups is 2. The van der Waals surface area contributed by atoms with Gasteiger partial charge in [0, 0.05) is 32.7 Å². The van der Waals surface area contributed by atoms with E-state index in [1.807, 2.05) is 39.0 Å². The number of benzene rings is 1. The van der Waals surface area contributed by atoms with E-state index in [2.05, 4.69) is 10.2 Å². The van der Waals surface area contributed by atoms with Crippen molar-refractivity contribution in [2.24, 2.45) is 5.92 Å². The van der Waals surface area contributed by atoms with Crippen LogP contribution >= 0.6 is 0 Å². The molecule has 1 N–H and O–H groups in total. The summed E-state index contributed by atoms with van der Waals surface area (Å²) < 4.78 is 15.9. The fraction of sp³-hybridized carbons (Fsp3) is 0.652. The highest BCUT2D eigenvalue weighted by Gasteiger charge is 2.26. The van der Waals surface area contributed by atoms with Crippen molar-refractivity contribution in [1.82, 2.24) is 15.1 Å². The third-order valence-electron chi connectivity index (χ3n) is 5.42. The van der Waals surface area contributed by atoms with Crippen LogP contribution in [0.25, 0.3) is 0 Å². The number of amides is 2. The molecule has 8 heteroatoms. The Morgan fingerprint density at radius 2 is 1.77 bits per heavy atom. The molecule has 1 aromatic carbocycles. The van der Waals surface area contributed by atoms with Crippen LogP contribution in [-0.4, -0.2) is 81.4 Å². The molecule has 0 saturated carbocycles. The maximum absolute atomic E-state index is 12.7. The van der Waals surface area contributed by atoms with Crippen LogP contribution in [0.3, 0.4) is 0 Å². The molecule has 1 fully saturated rings. The number of rotatable bonds is 9. The molecule has 1 saturated heterocycles. The summed E-state index contributed by atoms with van der Waals surface area (Å²) in [5.41, 5.74) is 1.07. The fourth-order valence-electron chi connectivity index (χ4n) is 3.52. The number of nitrogens with one attached hydrogen (secondary N) is 1. The van der Waals surface area contributed by atoms with E-state index < -0.39 is 0 Å². The maximum Gasteiger partial charge on any atom is 0.409 e. The minimum Gasteiger partial charge on any atom is -0.493 e. The first kappa shape index (κ1) is 24.8. The van der Waals surface area contributed by atoms with Gasteiger partial charge in [0.2, 0.25) is 5.91 Å². The Morgan fingerprint density at radius 1 is 1.03 bits per heavy atom. The predicted octanol–water partition coefficient (Wildman–Crippen LogP) is 2.55. The lowest BCUT2D eigenvalue weighted by Crippen LogP contribution is -2.47. The van der Waals surface area contributed by atoms with Crippen LogP contribution in [-0.2, 0) is 16.0 Å². The minimum absolute atomic E-state index is 0.00342. The Hall–Kier alpha value is -2.48. The molecule has 2 rings (SSSR count). The molecule has 0 radical (unpaired) electrons. The zero-order valence-corrected chi connectivity index (χ0v) is 19.5. The summed E-state index contributed by atoms with van der Waals surface area (Å²) in [6.07, 6.45) is 1.26. The molecule has 1 aromatic rings. The summed E-state index contributed by atoms with van der Waals surface area (Å²) >= 11 is 0. The summed E-state index contributed by atoms with van der Waals surface area (Å²) in [5.74, 6) is 1.68. The van der Waals surface area contributed by atoms with Gasteiger partial charge in [-0.2, -0.15) is 0 Å². The number of hydrogen-bond acceptors (Lipinski definition) is 6. The highest BCUT2D eigenvalue weighted by atomic mass is 16.6. The second-order valence-corrected chi connectivity index (χ2v) is 8.25. The van der Waals surface area contributed by atoms with Crippen molar-refractivity contribution in [2.75, 3.05) is 53.6 Å². The number of methoxy groups -OCH3 is 2. The van der Waals surface area contributed by atoms with Crippen molar-refractivity contribution in [1.29, 1.82) is 0 Å². The summed E-state index contributed by atoms with van der Waals surface area (Å²) in [6, 6.07) is 5.51. The molecule has 1 aliphatic heterocycles. The smallest absolute Gasteiger partial charge is 0.409 e. The van der Waals surface area contributed by atoms with Gasteiger partial charge in [0.1, 0.15) is 0 Å². The van der Waals surface area contributed by atoms with Crippen molar-refractivity contribution in [3.05, 3.63) is 23.8 Å². The number of nitrogens with zero attached hydrogens (tertiary/aromatic N) is 2. The molecule has 1 aliphatic rings. The first-order valence-electron chi connectivity index (χ1n) is 11.0. The Morgan fingerprint density at radius 3 is 2.45 bits per heavy atom. The second kappa shape index (κ2) is 12.4. The van der Waals surface area contributed by atoms with E-state index in [1.54, 1.807) is 19.1 Å². The molecule has 1 unspecified atom stereocenters. The summed E-state index contributed by atoms with van der Waals surface area (Å²) in [4.78, 5) is 28.7. The predicted molar refractivity (Wildman–Crippen MR) is 120 cm³/mol. The summed E-state index contributed by atoms with van der Waals surface area (Å²) in [5, 5.41) is 3.02. The Kier molecular flexibility index (Phi) is 9.91. The van der Waals surface area contributed by atoms with Crippen LogP contribution in [0.2, 0.25) is 0 Å². The normalized spacial score (nSPS) is 15.9. The van der Waals surface area contributed by atoms with Crippen LogP contribution in [0.15, 0.2) is 18.2 Å². The molecule has 1 heterocycles. The largest absolute Gasteiger partial charge is 0.493 e. The van der Waals surface area contributed by atoms with E-state index in [9.17, 15) is 9.59 Å². The Labute approximate surface area is 185 Å². The van der Waals surface area contributed by atoms with Crippen LogP contribution in [0.4, 0.5) is 4.79 Å². The third-order valence-corrected chi connectivity index (χ3v) is 5.42. The van der Waals surface area contributed by atoms with Crippen LogP contribution in [0, 0.1) is 5.92 Å². The number of ether oxygens (including phenoxy) is 3. The molecule has 0 aromatic heterocycles. The SMILES string of the molecule is COc1ccc(CCNC(=O)C(C)N2CCCN(C(=O)OCC(C)C)CC2)cc1OC. The fourth-order valence-corrected chi connectivity index (χ4v) is 3.52. The van der Waals surface area contributed by atoms with Crippen molar-refractivity contribution in [2.45, 2.75) is 39.7 Å². The van der Waals surface area contributed by atoms with Gasteiger partial charge in [-0.3, -0.25) is 9.69 Å². The van der Waals surface area contributed by atoms with Gasteiger partial charge in [0.25, 0.3) is 0 Å². The monoisotopic (exact) mass is 435 g/mol. The summed E-state index contributed by atoms with van der Waals surface area (Å²) in [7, 11) is 3.22. The quantitative estimate of drug-likeness (QED) is 0.642. The lowest BCUT2D eigenvalue weighted by Gasteiger charge is -2.27. The standard InChI is InChI=1S/C23H37N3O5/c1-17(2)16-31-23(28)26-12-6-11-25(13-14-26)18(3)22(27)24-10-9-19-7-8-20(29-4)21(15-19)30-5/h7-8,15,17-18H,6,9-14,16H2,1-5H3,(H,24,27). The summed E-state index contributed by atoms with van der Waals surface area (Å²) in [6.45, 7) is 9.57. The van der Waals surface area contributed by atoms with E-state index >= 15 is 0 Å². The molecule has 174 valence electrons. The lowest BCUT2D eigenvalue weighted by atomic mass is 10.1. The maximum atomic E-state index is 12.7. The Balaban J connectivity index is 1.79. The van der Waals surface area contributed by atoms with E-state index in [0.717, 1.165) is 18.5 Å². The van der Waals surface area contributed by atoms with Crippen LogP contribution in [0.1, 0.15) is 32.8 Å². The van der Waals surface area contributed by atoms with E-state index in [1.165, 1.54) is 0 Å². The van der Waals surface area contributed by atoms with Gasteiger partial charge < -0.3 is 24.4 Å². The first-order chi connectivity index (χ1) is 14.8. The molecule has 2 amide bonds. The third kappa shape index (κ3) is 7.61. The molecule has 31 heavy (non-hydrogen) atoms. The zero-order chi connectivity index (χ0) is 22.8. The van der Waals surface area contributed by atoms with E-state index in [4.69, 9.17) is 14.2 Å². The van der Waals surface area contributed by atoms with Crippen molar-refractivity contribution >= 4 is 12.0 Å². The van der Waals surface area contributed by atoms with Crippen molar-refractivity contribution < 1.29 is 23.8 Å². The molecule has 1 atom stereocenters. The van der Waals surface area contributed by atoms with E-state index in [-0.39, 0.29) is 18.0 Å². The second-order valence-electron chi connectivity index (χ2n) is 8.25. The highest BCUT2D eigenvalue weighted by Crippen LogP contribution is 2.27. The van der Waals surface area contributed by atoms with Gasteiger partial charge in [0.05, 0.1) is 26.9 Å². The van der Waals surface area contributed by atoms with Crippen molar-refractivity contribution in [3.8, 4) is 11.5 Å². The first-order valence-corrected chi connectivity index (χ1v) is 11.0. The molecule has 8 nitrogen and oxygen atoms in total. The highest BCUT2D eigenvalue weighted by molar-refractivity contribution is 5.81. The lowest BCUT2D eigenvalue weighted by molar-refractivity contribution is -0.125. The van der Waals surface area contributed by atoms with Crippen LogP contribution in [0.5, 0.6) is 11.5 Å². The van der Waals surface area contributed by atoms with Gasteiger partial charge in [-0.15, -0.1) is 0 Å². The Bertz CT molecular complexity index is 725. The van der Waals surface area contributed by atoms with Gasteiger partial charge in [0.15, 0.2) is 11.5 Å². The molecule has 0 spiro atoms. The zero-order valence-electron chi connectivity index (χ0n) is 19.5. The number of hydrogen-bond donors (Lipinski definition) is 1. The topological polar surface area (TPSA) is 80.3 Å². The van der Waals surface area contributed by atoms with Crippen LogP contribution < -0.4 is 14.8 Å². The van der Waals surface area contributed by atoms with Gasteiger partial charge >= 0.3 is 6.09 Å². The minimum atomic E-state index is -0.262. The van der Waals surface area contributed by atoms with Gasteiger partial charge in [-0.1, -0.05) is 19.9 Å². The molecule has 0 bridgehead atoms. The average Bonchev–Trinajstić information content (AvgIpc) is 3.03. The molecular formula is C23H37N3O5. The number of carbonyl (C=O) groups excluding carboxylic acids is 2. The van der Waals surface area contributed by atoms with Gasteiger partial charge in [-0.05, 0) is 43.4 Å².